The van der Waals surface area contributed by atoms with Crippen molar-refractivity contribution in [3.8, 4) is 5.75 Å². The zero-order valence-corrected chi connectivity index (χ0v) is 11.1. The SMILES string of the molecule is COc1ccc(NC(=O)Nc2nncs2)c(C(=O)O)c1. The molecule has 0 aliphatic heterocycles. The second-order valence-corrected chi connectivity index (χ2v) is 4.37. The van der Waals surface area contributed by atoms with Crippen molar-refractivity contribution in [3.63, 3.8) is 0 Å². The topological polar surface area (TPSA) is 113 Å². The predicted octanol–water partition coefficient (Wildman–Crippen LogP) is 1.89. The summed E-state index contributed by atoms with van der Waals surface area (Å²) in [5, 5.41) is 21.5. The fourth-order valence-electron chi connectivity index (χ4n) is 1.41. The molecule has 0 bridgehead atoms. The van der Waals surface area contributed by atoms with Gasteiger partial charge in [-0.15, -0.1) is 10.2 Å². The Morgan fingerprint density at radius 2 is 2.15 bits per heavy atom. The van der Waals surface area contributed by atoms with Crippen molar-refractivity contribution in [2.75, 3.05) is 17.7 Å². The number of anilines is 2. The van der Waals surface area contributed by atoms with Crippen molar-refractivity contribution < 1.29 is 19.4 Å². The molecular weight excluding hydrogens is 284 g/mol. The molecule has 0 radical (unpaired) electrons. The van der Waals surface area contributed by atoms with Crippen LogP contribution in [0.4, 0.5) is 15.6 Å². The van der Waals surface area contributed by atoms with Crippen LogP contribution in [0.25, 0.3) is 0 Å². The molecule has 0 saturated carbocycles. The van der Waals surface area contributed by atoms with E-state index in [-0.39, 0.29) is 11.3 Å². The largest absolute Gasteiger partial charge is 0.497 e. The number of ether oxygens (including phenoxy) is 1. The summed E-state index contributed by atoms with van der Waals surface area (Å²) in [5.41, 5.74) is 1.54. The van der Waals surface area contributed by atoms with Gasteiger partial charge in [0, 0.05) is 0 Å². The number of hydrogen-bond acceptors (Lipinski definition) is 6. The van der Waals surface area contributed by atoms with Crippen LogP contribution < -0.4 is 15.4 Å². The molecule has 2 aromatic rings. The van der Waals surface area contributed by atoms with E-state index in [0.717, 1.165) is 11.3 Å². The molecule has 1 heterocycles. The third-order valence-corrected chi connectivity index (χ3v) is 2.89. The number of benzene rings is 1. The number of amides is 2. The van der Waals surface area contributed by atoms with Gasteiger partial charge >= 0.3 is 12.0 Å². The number of carboxylic acid groups (broad SMARTS) is 1. The van der Waals surface area contributed by atoms with Gasteiger partial charge in [-0.3, -0.25) is 5.32 Å². The smallest absolute Gasteiger partial charge is 0.337 e. The molecule has 0 atom stereocenters. The predicted molar refractivity (Wildman–Crippen MR) is 72.5 cm³/mol. The van der Waals surface area contributed by atoms with Gasteiger partial charge in [0.25, 0.3) is 0 Å². The Balaban J connectivity index is 2.16. The van der Waals surface area contributed by atoms with E-state index in [1.54, 1.807) is 6.07 Å². The zero-order chi connectivity index (χ0) is 14.5. The lowest BCUT2D eigenvalue weighted by Crippen LogP contribution is -2.21. The summed E-state index contributed by atoms with van der Waals surface area (Å²) in [6, 6.07) is 3.71. The summed E-state index contributed by atoms with van der Waals surface area (Å²) in [6.07, 6.45) is 0. The van der Waals surface area contributed by atoms with Crippen molar-refractivity contribution in [3.05, 3.63) is 29.3 Å². The Morgan fingerprint density at radius 1 is 1.35 bits per heavy atom. The molecule has 0 spiro atoms. The molecule has 8 nitrogen and oxygen atoms in total. The van der Waals surface area contributed by atoms with E-state index >= 15 is 0 Å². The van der Waals surface area contributed by atoms with E-state index in [2.05, 4.69) is 20.8 Å². The summed E-state index contributed by atoms with van der Waals surface area (Å²) < 4.78 is 4.94. The molecule has 3 N–H and O–H groups in total. The number of carbonyl (C=O) groups is 2. The molecule has 2 amide bonds. The molecule has 0 aliphatic rings. The molecule has 0 unspecified atom stereocenters. The first-order valence-corrected chi connectivity index (χ1v) is 6.23. The number of nitrogens with zero attached hydrogens (tertiary/aromatic N) is 2. The van der Waals surface area contributed by atoms with E-state index in [0.29, 0.717) is 10.9 Å². The van der Waals surface area contributed by atoms with E-state index in [1.165, 1.54) is 24.8 Å². The Bertz CT molecular complexity index is 629. The van der Waals surface area contributed by atoms with Crippen LogP contribution in [-0.2, 0) is 0 Å². The Kier molecular flexibility index (Phi) is 4.11. The minimum Gasteiger partial charge on any atom is -0.497 e. The number of hydrogen-bond donors (Lipinski definition) is 3. The van der Waals surface area contributed by atoms with Gasteiger partial charge in [-0.05, 0) is 18.2 Å². The van der Waals surface area contributed by atoms with Crippen molar-refractivity contribution in [2.24, 2.45) is 0 Å². The van der Waals surface area contributed by atoms with Gasteiger partial charge < -0.3 is 15.2 Å². The normalized spacial score (nSPS) is 9.85. The highest BCUT2D eigenvalue weighted by molar-refractivity contribution is 7.13. The van der Waals surface area contributed by atoms with E-state index in [1.807, 2.05) is 0 Å². The summed E-state index contributed by atoms with van der Waals surface area (Å²) in [7, 11) is 1.43. The standard InChI is InChI=1S/C11H10N4O4S/c1-19-6-2-3-8(7(4-6)9(16)17)13-10(18)14-11-15-12-5-20-11/h2-5H,1H3,(H,16,17)(H2,13,14,15,18). The van der Waals surface area contributed by atoms with Crippen LogP contribution in [0.5, 0.6) is 5.75 Å². The minimum absolute atomic E-state index is 0.0724. The maximum atomic E-state index is 11.7. The van der Waals surface area contributed by atoms with Gasteiger partial charge in [0.2, 0.25) is 5.13 Å². The van der Waals surface area contributed by atoms with Gasteiger partial charge in [-0.1, -0.05) is 11.3 Å². The van der Waals surface area contributed by atoms with E-state index in [4.69, 9.17) is 9.84 Å². The highest BCUT2D eigenvalue weighted by Gasteiger charge is 2.14. The molecule has 1 aromatic heterocycles. The lowest BCUT2D eigenvalue weighted by atomic mass is 10.1. The molecule has 0 saturated heterocycles. The van der Waals surface area contributed by atoms with Crippen LogP contribution >= 0.6 is 11.3 Å². The second-order valence-electron chi connectivity index (χ2n) is 3.54. The van der Waals surface area contributed by atoms with Crippen molar-refractivity contribution in [2.45, 2.75) is 0 Å². The Hall–Kier alpha value is -2.68. The number of nitrogens with one attached hydrogen (secondary N) is 2. The first-order chi connectivity index (χ1) is 9.60. The van der Waals surface area contributed by atoms with Crippen LogP contribution in [0.1, 0.15) is 10.4 Å². The molecule has 1 aromatic carbocycles. The Labute approximate surface area is 117 Å². The fourth-order valence-corrected chi connectivity index (χ4v) is 1.85. The van der Waals surface area contributed by atoms with Crippen LogP contribution in [0, 0.1) is 0 Å². The van der Waals surface area contributed by atoms with Crippen molar-refractivity contribution >= 4 is 34.2 Å². The van der Waals surface area contributed by atoms with Crippen molar-refractivity contribution in [1.82, 2.24) is 10.2 Å². The maximum Gasteiger partial charge on any atom is 0.337 e. The number of rotatable bonds is 4. The number of urea groups is 1. The van der Waals surface area contributed by atoms with E-state index < -0.39 is 12.0 Å². The van der Waals surface area contributed by atoms with Gasteiger partial charge in [0.05, 0.1) is 18.4 Å². The molecule has 0 aliphatic carbocycles. The van der Waals surface area contributed by atoms with Crippen LogP contribution in [-0.4, -0.2) is 34.4 Å². The maximum absolute atomic E-state index is 11.7. The first kappa shape index (κ1) is 13.7. The second kappa shape index (κ2) is 5.97. The molecular formula is C11H10N4O4S. The summed E-state index contributed by atoms with van der Waals surface area (Å²) in [4.78, 5) is 22.8. The number of carbonyl (C=O) groups excluding carboxylic acids is 1. The molecule has 2 rings (SSSR count). The average Bonchev–Trinajstić information content (AvgIpc) is 2.91. The lowest BCUT2D eigenvalue weighted by Gasteiger charge is -2.09. The number of carboxylic acids is 1. The van der Waals surface area contributed by atoms with Crippen LogP contribution in [0.15, 0.2) is 23.7 Å². The monoisotopic (exact) mass is 294 g/mol. The van der Waals surface area contributed by atoms with Gasteiger partial charge in [0.15, 0.2) is 0 Å². The molecule has 0 fully saturated rings. The summed E-state index contributed by atoms with van der Waals surface area (Å²) >= 11 is 1.15. The number of aromatic carboxylic acids is 1. The quantitative estimate of drug-likeness (QED) is 0.793. The number of aromatic nitrogens is 2. The average molecular weight is 294 g/mol. The molecule has 9 heteroatoms. The third kappa shape index (κ3) is 3.20. The van der Waals surface area contributed by atoms with Crippen molar-refractivity contribution in [1.29, 1.82) is 0 Å². The zero-order valence-electron chi connectivity index (χ0n) is 10.3. The Morgan fingerprint density at radius 3 is 2.75 bits per heavy atom. The van der Waals surface area contributed by atoms with Gasteiger partial charge in [0.1, 0.15) is 11.3 Å². The first-order valence-electron chi connectivity index (χ1n) is 5.35. The highest BCUT2D eigenvalue weighted by atomic mass is 32.1. The third-order valence-electron chi connectivity index (χ3n) is 2.29. The van der Waals surface area contributed by atoms with Gasteiger partial charge in [-0.2, -0.15) is 0 Å². The number of methoxy groups -OCH3 is 1. The highest BCUT2D eigenvalue weighted by Crippen LogP contribution is 2.22. The summed E-state index contributed by atoms with van der Waals surface area (Å²) in [5.74, 6) is -0.785. The van der Waals surface area contributed by atoms with Crippen LogP contribution in [0.2, 0.25) is 0 Å². The minimum atomic E-state index is -1.17. The van der Waals surface area contributed by atoms with Gasteiger partial charge in [-0.25, -0.2) is 9.59 Å². The molecule has 20 heavy (non-hydrogen) atoms. The van der Waals surface area contributed by atoms with Crippen LogP contribution in [0.3, 0.4) is 0 Å². The fraction of sp³-hybridized carbons (Fsp3) is 0.0909. The summed E-state index contributed by atoms with van der Waals surface area (Å²) in [6.45, 7) is 0. The lowest BCUT2D eigenvalue weighted by molar-refractivity contribution is 0.0697. The molecule has 104 valence electrons. The van der Waals surface area contributed by atoms with E-state index in [9.17, 15) is 9.59 Å².